The molecule has 0 fully saturated rings. The lowest BCUT2D eigenvalue weighted by molar-refractivity contribution is 0.0862. The molecule has 0 saturated heterocycles. The molecule has 2 aromatic carbocycles. The second-order valence-corrected chi connectivity index (χ2v) is 7.12. The van der Waals surface area contributed by atoms with E-state index in [0.29, 0.717) is 16.5 Å². The maximum atomic E-state index is 12.8. The highest BCUT2D eigenvalue weighted by Gasteiger charge is 2.18. The van der Waals surface area contributed by atoms with Crippen LogP contribution < -0.4 is 15.6 Å². The number of hydrogen-bond acceptors (Lipinski definition) is 5. The second kappa shape index (κ2) is 8.87. The number of rotatable bonds is 7. The summed E-state index contributed by atoms with van der Waals surface area (Å²) in [6, 6.07) is 14.4. The first-order valence-electron chi connectivity index (χ1n) is 9.54. The van der Waals surface area contributed by atoms with Crippen LogP contribution in [0, 0.1) is 0 Å². The number of amides is 1. The molecule has 1 heterocycles. The molecule has 152 valence electrons. The van der Waals surface area contributed by atoms with Crippen molar-refractivity contribution in [2.45, 2.75) is 32.4 Å². The van der Waals surface area contributed by atoms with Gasteiger partial charge in [-0.05, 0) is 23.6 Å². The molecule has 1 unspecified atom stereocenters. The molecule has 0 radical (unpaired) electrons. The molecule has 2 N–H and O–H groups in total. The van der Waals surface area contributed by atoms with Crippen molar-refractivity contribution in [3.8, 4) is 5.75 Å². The molecular formula is C22H25N3O4. The summed E-state index contributed by atoms with van der Waals surface area (Å²) in [6.45, 7) is 4.05. The molecule has 29 heavy (non-hydrogen) atoms. The van der Waals surface area contributed by atoms with Crippen molar-refractivity contribution in [1.29, 1.82) is 0 Å². The highest BCUT2D eigenvalue weighted by atomic mass is 16.5. The van der Waals surface area contributed by atoms with E-state index in [0.717, 1.165) is 10.2 Å². The number of carbonyl (C=O) groups excluding carboxylic acids is 1. The van der Waals surface area contributed by atoms with Gasteiger partial charge in [0.2, 0.25) is 0 Å². The van der Waals surface area contributed by atoms with Gasteiger partial charge in [-0.15, -0.1) is 0 Å². The Morgan fingerprint density at radius 3 is 2.48 bits per heavy atom. The van der Waals surface area contributed by atoms with Crippen molar-refractivity contribution in [3.05, 3.63) is 70.1 Å². The monoisotopic (exact) mass is 395 g/mol. The number of fused-ring (bicyclic) bond motifs is 1. The summed E-state index contributed by atoms with van der Waals surface area (Å²) >= 11 is 0. The number of hydrogen-bond donors (Lipinski definition) is 2. The molecule has 3 aromatic rings. The van der Waals surface area contributed by atoms with Gasteiger partial charge in [0, 0.05) is 12.4 Å². The molecule has 7 nitrogen and oxygen atoms in total. The number of para-hydroxylation sites is 1. The number of aromatic nitrogens is 2. The van der Waals surface area contributed by atoms with Crippen LogP contribution in [-0.4, -0.2) is 40.6 Å². The number of benzene rings is 2. The Morgan fingerprint density at radius 1 is 1.14 bits per heavy atom. The Balaban J connectivity index is 1.84. The molecule has 0 spiro atoms. The van der Waals surface area contributed by atoms with Crippen molar-refractivity contribution < 1.29 is 14.6 Å². The first-order chi connectivity index (χ1) is 13.9. The van der Waals surface area contributed by atoms with Gasteiger partial charge in [0.15, 0.2) is 5.69 Å². The standard InChI is InChI=1S/C22H25N3O4/c1-14(2)16-8-6-7-11-19(16)29-13-15(26)12-25-22(28)18-10-5-4-9-17(18)20(24-25)21(27)23-3/h4-11,14-15,26H,12-13H2,1-3H3,(H,23,27). The Bertz CT molecular complexity index is 1080. The average Bonchev–Trinajstić information content (AvgIpc) is 2.74. The minimum absolute atomic E-state index is 0.0000122. The van der Waals surface area contributed by atoms with Crippen molar-refractivity contribution in [2.24, 2.45) is 0 Å². The van der Waals surface area contributed by atoms with Crippen LogP contribution in [0.2, 0.25) is 0 Å². The van der Waals surface area contributed by atoms with Gasteiger partial charge in [0.1, 0.15) is 18.5 Å². The van der Waals surface area contributed by atoms with Gasteiger partial charge in [0.25, 0.3) is 11.5 Å². The van der Waals surface area contributed by atoms with Gasteiger partial charge in [-0.1, -0.05) is 50.2 Å². The van der Waals surface area contributed by atoms with Crippen LogP contribution in [0.4, 0.5) is 0 Å². The fourth-order valence-corrected chi connectivity index (χ4v) is 3.17. The van der Waals surface area contributed by atoms with Crippen molar-refractivity contribution in [2.75, 3.05) is 13.7 Å². The lowest BCUT2D eigenvalue weighted by Gasteiger charge is -2.17. The van der Waals surface area contributed by atoms with Gasteiger partial charge < -0.3 is 15.2 Å². The van der Waals surface area contributed by atoms with Crippen molar-refractivity contribution in [3.63, 3.8) is 0 Å². The summed E-state index contributed by atoms with van der Waals surface area (Å²) in [5, 5.41) is 18.0. The molecular weight excluding hydrogens is 370 g/mol. The van der Waals surface area contributed by atoms with Crippen LogP contribution in [0.15, 0.2) is 53.3 Å². The van der Waals surface area contributed by atoms with Gasteiger partial charge >= 0.3 is 0 Å². The molecule has 3 rings (SSSR count). The molecule has 0 bridgehead atoms. The lowest BCUT2D eigenvalue weighted by atomic mass is 10.0. The summed E-state index contributed by atoms with van der Waals surface area (Å²) in [7, 11) is 1.50. The zero-order valence-electron chi connectivity index (χ0n) is 16.8. The number of carbonyl (C=O) groups is 1. The van der Waals surface area contributed by atoms with E-state index in [2.05, 4.69) is 24.3 Å². The highest BCUT2D eigenvalue weighted by Crippen LogP contribution is 2.25. The van der Waals surface area contributed by atoms with E-state index in [1.165, 1.54) is 7.05 Å². The predicted octanol–water partition coefficient (Wildman–Crippen LogP) is 2.32. The highest BCUT2D eigenvalue weighted by molar-refractivity contribution is 6.04. The van der Waals surface area contributed by atoms with Gasteiger partial charge in [-0.2, -0.15) is 5.10 Å². The average molecular weight is 395 g/mol. The third-order valence-electron chi connectivity index (χ3n) is 4.67. The zero-order chi connectivity index (χ0) is 21.0. The molecule has 1 amide bonds. The Morgan fingerprint density at radius 2 is 1.79 bits per heavy atom. The van der Waals surface area contributed by atoms with Crippen LogP contribution >= 0.6 is 0 Å². The minimum atomic E-state index is -0.973. The van der Waals surface area contributed by atoms with E-state index in [1.54, 1.807) is 24.3 Å². The zero-order valence-corrected chi connectivity index (χ0v) is 16.8. The molecule has 1 aromatic heterocycles. The van der Waals surface area contributed by atoms with E-state index >= 15 is 0 Å². The minimum Gasteiger partial charge on any atom is -0.491 e. The molecule has 0 aliphatic heterocycles. The largest absolute Gasteiger partial charge is 0.491 e. The number of nitrogens with one attached hydrogen (secondary N) is 1. The van der Waals surface area contributed by atoms with Crippen LogP contribution in [-0.2, 0) is 6.54 Å². The lowest BCUT2D eigenvalue weighted by Crippen LogP contribution is -2.34. The topological polar surface area (TPSA) is 93.5 Å². The fraction of sp³-hybridized carbons (Fsp3) is 0.318. The maximum absolute atomic E-state index is 12.8. The molecule has 1 atom stereocenters. The van der Waals surface area contributed by atoms with Crippen LogP contribution in [0.1, 0.15) is 35.8 Å². The Labute approximate surface area is 168 Å². The first kappa shape index (κ1) is 20.5. The number of aliphatic hydroxyl groups excluding tert-OH is 1. The van der Waals surface area contributed by atoms with Crippen LogP contribution in [0.25, 0.3) is 10.8 Å². The maximum Gasteiger partial charge on any atom is 0.274 e. The number of ether oxygens (including phenoxy) is 1. The molecule has 0 saturated carbocycles. The summed E-state index contributed by atoms with van der Waals surface area (Å²) in [4.78, 5) is 25.0. The molecule has 7 heteroatoms. The van der Waals surface area contributed by atoms with E-state index in [1.807, 2.05) is 24.3 Å². The molecule has 0 aliphatic carbocycles. The number of aliphatic hydroxyl groups is 1. The molecule has 0 aliphatic rings. The van der Waals surface area contributed by atoms with E-state index in [4.69, 9.17) is 4.74 Å². The van der Waals surface area contributed by atoms with Crippen molar-refractivity contribution >= 4 is 16.7 Å². The first-order valence-corrected chi connectivity index (χ1v) is 9.54. The normalized spacial score (nSPS) is 12.2. The second-order valence-electron chi connectivity index (χ2n) is 7.12. The summed E-state index contributed by atoms with van der Waals surface area (Å²) in [5.41, 5.74) is 0.818. The van der Waals surface area contributed by atoms with E-state index < -0.39 is 12.0 Å². The van der Waals surface area contributed by atoms with Gasteiger partial charge in [-0.25, -0.2) is 4.68 Å². The quantitative estimate of drug-likeness (QED) is 0.640. The van der Waals surface area contributed by atoms with Crippen LogP contribution in [0.3, 0.4) is 0 Å². The SMILES string of the molecule is CNC(=O)c1nn(CC(O)COc2ccccc2C(C)C)c(=O)c2ccccc12. The summed E-state index contributed by atoms with van der Waals surface area (Å²) in [5.74, 6) is 0.584. The van der Waals surface area contributed by atoms with Crippen LogP contribution in [0.5, 0.6) is 5.75 Å². The van der Waals surface area contributed by atoms with E-state index in [9.17, 15) is 14.7 Å². The van der Waals surface area contributed by atoms with Gasteiger partial charge in [0.05, 0.1) is 11.9 Å². The smallest absolute Gasteiger partial charge is 0.274 e. The third-order valence-corrected chi connectivity index (χ3v) is 4.67. The van der Waals surface area contributed by atoms with Crippen molar-refractivity contribution in [1.82, 2.24) is 15.1 Å². The van der Waals surface area contributed by atoms with Gasteiger partial charge in [-0.3, -0.25) is 9.59 Å². The number of nitrogens with zero attached hydrogens (tertiary/aromatic N) is 2. The Hall–Kier alpha value is -3.19. The summed E-state index contributed by atoms with van der Waals surface area (Å²) in [6.07, 6.45) is -0.973. The predicted molar refractivity (Wildman–Crippen MR) is 111 cm³/mol. The summed E-state index contributed by atoms with van der Waals surface area (Å²) < 4.78 is 6.91. The van der Waals surface area contributed by atoms with E-state index in [-0.39, 0.29) is 30.3 Å². The Kier molecular flexibility index (Phi) is 6.29. The third kappa shape index (κ3) is 4.46. The fourth-order valence-electron chi connectivity index (χ4n) is 3.17.